The Balaban J connectivity index is 2.92. The van der Waals surface area contributed by atoms with Crippen LogP contribution in [-0.2, 0) is 0 Å². The highest BCUT2D eigenvalue weighted by atomic mass is 16.5. The maximum Gasteiger partial charge on any atom is 0.243 e. The van der Waals surface area contributed by atoms with Crippen molar-refractivity contribution in [1.29, 1.82) is 0 Å². The van der Waals surface area contributed by atoms with E-state index in [0.717, 1.165) is 25.7 Å². The Hall–Kier alpha value is -1.45. The summed E-state index contributed by atoms with van der Waals surface area (Å²) in [6.07, 6.45) is 6.85. The first-order valence-corrected chi connectivity index (χ1v) is 6.13. The van der Waals surface area contributed by atoms with Gasteiger partial charge >= 0.3 is 0 Å². The van der Waals surface area contributed by atoms with E-state index in [2.05, 4.69) is 23.8 Å². The molecule has 94 valence electrons. The summed E-state index contributed by atoms with van der Waals surface area (Å²) in [6.45, 7) is 4.17. The Morgan fingerprint density at radius 1 is 1.24 bits per heavy atom. The molecule has 0 N–H and O–H groups in total. The van der Waals surface area contributed by atoms with Crippen LogP contribution in [0.25, 0.3) is 0 Å². The molecule has 4 nitrogen and oxygen atoms in total. The Kier molecular flexibility index (Phi) is 5.60. The maximum atomic E-state index is 12.3. The molecule has 0 atom stereocenters. The van der Waals surface area contributed by atoms with E-state index in [1.807, 2.05) is 0 Å². The molecule has 0 unspecified atom stereocenters. The van der Waals surface area contributed by atoms with Gasteiger partial charge in [0.05, 0.1) is 7.11 Å². The molecular weight excluding hydrogens is 216 g/mol. The highest BCUT2D eigenvalue weighted by molar-refractivity contribution is 5.97. The summed E-state index contributed by atoms with van der Waals surface area (Å²) < 4.78 is 5.08. The SMILES string of the molecule is CCCC(CCC)C(=O)c1nccnc1OC. The standard InChI is InChI=1S/C13H20N2O2/c1-4-6-10(7-5-2)12(16)11-13(17-3)15-9-8-14-11/h8-10H,4-7H2,1-3H3. The number of rotatable bonds is 7. The lowest BCUT2D eigenvalue weighted by molar-refractivity contribution is 0.0895. The van der Waals surface area contributed by atoms with Gasteiger partial charge in [-0.1, -0.05) is 26.7 Å². The first kappa shape index (κ1) is 13.6. The van der Waals surface area contributed by atoms with E-state index in [-0.39, 0.29) is 11.7 Å². The molecule has 1 heterocycles. The van der Waals surface area contributed by atoms with Crippen LogP contribution < -0.4 is 4.74 Å². The first-order valence-electron chi connectivity index (χ1n) is 6.13. The molecule has 0 fully saturated rings. The summed E-state index contributed by atoms with van der Waals surface area (Å²) in [7, 11) is 1.51. The van der Waals surface area contributed by atoms with Crippen LogP contribution in [0.3, 0.4) is 0 Å². The second kappa shape index (κ2) is 6.99. The van der Waals surface area contributed by atoms with Gasteiger partial charge in [0.15, 0.2) is 11.5 Å². The van der Waals surface area contributed by atoms with Gasteiger partial charge in [0.25, 0.3) is 0 Å². The third-order valence-electron chi connectivity index (χ3n) is 2.74. The largest absolute Gasteiger partial charge is 0.479 e. The summed E-state index contributed by atoms with van der Waals surface area (Å²) in [5.74, 6) is 0.420. The lowest BCUT2D eigenvalue weighted by atomic mass is 9.92. The van der Waals surface area contributed by atoms with Gasteiger partial charge in [0.1, 0.15) is 0 Å². The summed E-state index contributed by atoms with van der Waals surface area (Å²) in [4.78, 5) is 20.4. The molecule has 4 heteroatoms. The molecule has 0 aliphatic carbocycles. The van der Waals surface area contributed by atoms with E-state index in [1.54, 1.807) is 0 Å². The van der Waals surface area contributed by atoms with Gasteiger partial charge in [-0.25, -0.2) is 9.97 Å². The number of methoxy groups -OCH3 is 1. The van der Waals surface area contributed by atoms with Crippen molar-refractivity contribution in [2.75, 3.05) is 7.11 Å². The van der Waals surface area contributed by atoms with Crippen molar-refractivity contribution in [3.8, 4) is 5.88 Å². The van der Waals surface area contributed by atoms with Crippen LogP contribution in [0.1, 0.15) is 50.0 Å². The number of Topliss-reactive ketones (excluding diaryl/α,β-unsaturated/α-hetero) is 1. The third-order valence-corrected chi connectivity index (χ3v) is 2.74. The fourth-order valence-corrected chi connectivity index (χ4v) is 1.94. The summed E-state index contributed by atoms with van der Waals surface area (Å²) in [6, 6.07) is 0. The van der Waals surface area contributed by atoms with Crippen LogP contribution in [0.5, 0.6) is 5.88 Å². The lowest BCUT2D eigenvalue weighted by Crippen LogP contribution is -2.17. The van der Waals surface area contributed by atoms with Crippen molar-refractivity contribution in [1.82, 2.24) is 9.97 Å². The molecule has 1 aromatic heterocycles. The van der Waals surface area contributed by atoms with E-state index in [4.69, 9.17) is 4.74 Å². The van der Waals surface area contributed by atoms with Gasteiger partial charge in [-0.05, 0) is 12.8 Å². The fraction of sp³-hybridized carbons (Fsp3) is 0.615. The number of carbonyl (C=O) groups is 1. The molecule has 0 saturated heterocycles. The minimum absolute atomic E-state index is 0.0376. The van der Waals surface area contributed by atoms with Crippen LogP contribution in [0, 0.1) is 5.92 Å². The van der Waals surface area contributed by atoms with Gasteiger partial charge in [-0.3, -0.25) is 4.79 Å². The minimum Gasteiger partial charge on any atom is -0.479 e. The molecule has 0 aliphatic rings. The van der Waals surface area contributed by atoms with Gasteiger partial charge in [-0.2, -0.15) is 0 Å². The monoisotopic (exact) mass is 236 g/mol. The average Bonchev–Trinajstić information content (AvgIpc) is 2.37. The average molecular weight is 236 g/mol. The zero-order valence-electron chi connectivity index (χ0n) is 10.8. The van der Waals surface area contributed by atoms with Crippen LogP contribution >= 0.6 is 0 Å². The topological polar surface area (TPSA) is 52.1 Å². The minimum atomic E-state index is 0.0376. The molecule has 0 radical (unpaired) electrons. The number of ketones is 1. The molecule has 0 aliphatic heterocycles. The smallest absolute Gasteiger partial charge is 0.243 e. The van der Waals surface area contributed by atoms with Crippen molar-refractivity contribution < 1.29 is 9.53 Å². The first-order chi connectivity index (χ1) is 8.24. The molecule has 0 aromatic carbocycles. The number of nitrogens with zero attached hydrogens (tertiary/aromatic N) is 2. The van der Waals surface area contributed by atoms with Crippen LogP contribution in [0.15, 0.2) is 12.4 Å². The highest BCUT2D eigenvalue weighted by Gasteiger charge is 2.23. The second-order valence-electron chi connectivity index (χ2n) is 4.05. The van der Waals surface area contributed by atoms with E-state index < -0.39 is 0 Å². The fourth-order valence-electron chi connectivity index (χ4n) is 1.94. The van der Waals surface area contributed by atoms with Crippen molar-refractivity contribution >= 4 is 5.78 Å². The van der Waals surface area contributed by atoms with Crippen molar-refractivity contribution in [2.45, 2.75) is 39.5 Å². The van der Waals surface area contributed by atoms with Crippen LogP contribution in [0.4, 0.5) is 0 Å². The third kappa shape index (κ3) is 3.51. The van der Waals surface area contributed by atoms with Crippen molar-refractivity contribution in [3.05, 3.63) is 18.1 Å². The zero-order valence-corrected chi connectivity index (χ0v) is 10.8. The van der Waals surface area contributed by atoms with E-state index in [0.29, 0.717) is 11.6 Å². The number of ether oxygens (including phenoxy) is 1. The van der Waals surface area contributed by atoms with Crippen molar-refractivity contribution in [3.63, 3.8) is 0 Å². The van der Waals surface area contributed by atoms with E-state index in [1.165, 1.54) is 19.5 Å². The predicted molar refractivity (Wildman–Crippen MR) is 66.2 cm³/mol. The molecule has 0 saturated carbocycles. The second-order valence-corrected chi connectivity index (χ2v) is 4.05. The molecule has 0 bridgehead atoms. The Labute approximate surface area is 102 Å². The van der Waals surface area contributed by atoms with Gasteiger partial charge in [0, 0.05) is 18.3 Å². The number of aromatic nitrogens is 2. The predicted octanol–water partition coefficient (Wildman–Crippen LogP) is 2.88. The number of carbonyl (C=O) groups excluding carboxylic acids is 1. The molecule has 1 aromatic rings. The molecule has 17 heavy (non-hydrogen) atoms. The molecule has 1 rings (SSSR count). The summed E-state index contributed by atoms with van der Waals surface area (Å²) in [5.41, 5.74) is 0.363. The molecular formula is C13H20N2O2. The summed E-state index contributed by atoms with van der Waals surface area (Å²) >= 11 is 0. The number of hydrogen-bond acceptors (Lipinski definition) is 4. The van der Waals surface area contributed by atoms with Gasteiger partial charge in [0.2, 0.25) is 5.88 Å². The van der Waals surface area contributed by atoms with Gasteiger partial charge < -0.3 is 4.74 Å². The maximum absolute atomic E-state index is 12.3. The summed E-state index contributed by atoms with van der Waals surface area (Å²) in [5, 5.41) is 0. The molecule has 0 spiro atoms. The highest BCUT2D eigenvalue weighted by Crippen LogP contribution is 2.22. The van der Waals surface area contributed by atoms with Crippen LogP contribution in [0.2, 0.25) is 0 Å². The van der Waals surface area contributed by atoms with E-state index in [9.17, 15) is 4.79 Å². The Morgan fingerprint density at radius 2 is 1.82 bits per heavy atom. The van der Waals surface area contributed by atoms with E-state index >= 15 is 0 Å². The van der Waals surface area contributed by atoms with Gasteiger partial charge in [-0.15, -0.1) is 0 Å². The lowest BCUT2D eigenvalue weighted by Gasteiger charge is -2.14. The molecule has 0 amide bonds. The van der Waals surface area contributed by atoms with Crippen molar-refractivity contribution in [2.24, 2.45) is 5.92 Å². The Morgan fingerprint density at radius 3 is 2.35 bits per heavy atom. The van der Waals surface area contributed by atoms with Crippen LogP contribution in [-0.4, -0.2) is 22.9 Å². The zero-order chi connectivity index (χ0) is 12.7. The quantitative estimate of drug-likeness (QED) is 0.683. The normalized spacial score (nSPS) is 10.6. The Bertz CT molecular complexity index is 360. The number of hydrogen-bond donors (Lipinski definition) is 0.